The van der Waals surface area contributed by atoms with Crippen LogP contribution in [0.1, 0.15) is 0 Å². The van der Waals surface area contributed by atoms with E-state index in [1.165, 1.54) is 0 Å². The highest BCUT2D eigenvalue weighted by Gasteiger charge is 2.01. The van der Waals surface area contributed by atoms with E-state index in [2.05, 4.69) is 0 Å². The standard InChI is InChI=1S/C12H11O3P/c13-16(14)12-8-4-7-11(9-12)15-10-5-2-1-3-6-10/h1-9,16H,(H,13,14). The molecule has 0 aliphatic carbocycles. The van der Waals surface area contributed by atoms with Crippen molar-refractivity contribution < 1.29 is 14.2 Å². The van der Waals surface area contributed by atoms with Gasteiger partial charge in [-0.1, -0.05) is 24.3 Å². The van der Waals surface area contributed by atoms with Gasteiger partial charge in [-0.05, 0) is 30.3 Å². The predicted octanol–water partition coefficient (Wildman–Crippen LogP) is 2.57. The average Bonchev–Trinajstić information content (AvgIpc) is 2.30. The first kappa shape index (κ1) is 10.9. The van der Waals surface area contributed by atoms with E-state index in [9.17, 15) is 4.57 Å². The Kier molecular flexibility index (Phi) is 3.40. The minimum atomic E-state index is -2.66. The van der Waals surface area contributed by atoms with Crippen LogP contribution >= 0.6 is 8.03 Å². The van der Waals surface area contributed by atoms with Crippen LogP contribution < -0.4 is 10.0 Å². The van der Waals surface area contributed by atoms with E-state index in [1.54, 1.807) is 24.3 Å². The van der Waals surface area contributed by atoms with E-state index in [0.717, 1.165) is 0 Å². The van der Waals surface area contributed by atoms with Gasteiger partial charge in [0.2, 0.25) is 8.03 Å². The quantitative estimate of drug-likeness (QED) is 0.830. The van der Waals surface area contributed by atoms with Gasteiger partial charge >= 0.3 is 0 Å². The van der Waals surface area contributed by atoms with E-state index in [1.807, 2.05) is 30.3 Å². The molecular weight excluding hydrogens is 223 g/mol. The Morgan fingerprint density at radius 1 is 0.938 bits per heavy atom. The third-order valence-corrected chi connectivity index (χ3v) is 2.86. The molecule has 4 heteroatoms. The fraction of sp³-hybridized carbons (Fsp3) is 0. The van der Waals surface area contributed by atoms with Crippen molar-refractivity contribution in [2.24, 2.45) is 0 Å². The molecule has 0 spiro atoms. The Balaban J connectivity index is 2.22. The molecule has 0 aliphatic rings. The lowest BCUT2D eigenvalue weighted by atomic mass is 10.3. The number of rotatable bonds is 3. The number of ether oxygens (including phenoxy) is 1. The first-order valence-corrected chi connectivity index (χ1v) is 6.17. The van der Waals surface area contributed by atoms with E-state index < -0.39 is 8.03 Å². The number of hydrogen-bond donors (Lipinski definition) is 1. The average molecular weight is 234 g/mol. The molecule has 0 aromatic heterocycles. The minimum Gasteiger partial charge on any atom is -0.457 e. The van der Waals surface area contributed by atoms with E-state index in [4.69, 9.17) is 9.63 Å². The topological polar surface area (TPSA) is 46.5 Å². The van der Waals surface area contributed by atoms with Gasteiger partial charge in [-0.25, -0.2) is 0 Å². The first-order valence-electron chi connectivity index (χ1n) is 4.82. The van der Waals surface area contributed by atoms with Crippen LogP contribution in [0.4, 0.5) is 0 Å². The fourth-order valence-corrected chi connectivity index (χ4v) is 1.82. The van der Waals surface area contributed by atoms with Crippen LogP contribution in [0.15, 0.2) is 54.6 Å². The van der Waals surface area contributed by atoms with Crippen LogP contribution in [0.3, 0.4) is 0 Å². The molecule has 2 rings (SSSR count). The molecule has 0 saturated carbocycles. The highest BCUT2D eigenvalue weighted by Crippen LogP contribution is 2.22. The molecule has 16 heavy (non-hydrogen) atoms. The second-order valence-electron chi connectivity index (χ2n) is 3.25. The summed E-state index contributed by atoms with van der Waals surface area (Å²) in [5.41, 5.74) is 0. The van der Waals surface area contributed by atoms with Gasteiger partial charge in [0, 0.05) is 5.30 Å². The number of hydrogen-bond acceptors (Lipinski definition) is 2. The second kappa shape index (κ2) is 4.97. The van der Waals surface area contributed by atoms with Crippen molar-refractivity contribution >= 4 is 13.3 Å². The smallest absolute Gasteiger partial charge is 0.218 e. The van der Waals surface area contributed by atoms with Crippen LogP contribution in [0, 0.1) is 0 Å². The van der Waals surface area contributed by atoms with Crippen molar-refractivity contribution in [3.63, 3.8) is 0 Å². The zero-order chi connectivity index (χ0) is 11.4. The van der Waals surface area contributed by atoms with Crippen molar-refractivity contribution in [2.75, 3.05) is 0 Å². The molecule has 1 atom stereocenters. The summed E-state index contributed by atoms with van der Waals surface area (Å²) >= 11 is 0. The molecule has 0 heterocycles. The van der Waals surface area contributed by atoms with Crippen molar-refractivity contribution in [3.8, 4) is 11.5 Å². The number of benzene rings is 2. The Morgan fingerprint density at radius 2 is 1.62 bits per heavy atom. The Labute approximate surface area is 94.2 Å². The van der Waals surface area contributed by atoms with Gasteiger partial charge < -0.3 is 9.63 Å². The molecule has 0 amide bonds. The Morgan fingerprint density at radius 3 is 2.31 bits per heavy atom. The molecule has 82 valence electrons. The van der Waals surface area contributed by atoms with Crippen molar-refractivity contribution in [1.29, 1.82) is 0 Å². The Hall–Kier alpha value is -1.57. The summed E-state index contributed by atoms with van der Waals surface area (Å²) in [4.78, 5) is 9.00. The zero-order valence-corrected chi connectivity index (χ0v) is 9.46. The van der Waals surface area contributed by atoms with Gasteiger partial charge in [-0.2, -0.15) is 0 Å². The summed E-state index contributed by atoms with van der Waals surface area (Å²) < 4.78 is 16.5. The normalized spacial score (nSPS) is 12.1. The van der Waals surface area contributed by atoms with Crippen LogP contribution in [0.2, 0.25) is 0 Å². The van der Waals surface area contributed by atoms with Gasteiger partial charge in [-0.15, -0.1) is 0 Å². The molecule has 3 nitrogen and oxygen atoms in total. The predicted molar refractivity (Wildman–Crippen MR) is 63.8 cm³/mol. The zero-order valence-electron chi connectivity index (χ0n) is 8.46. The molecule has 0 radical (unpaired) electrons. The summed E-state index contributed by atoms with van der Waals surface area (Å²) in [5, 5.41) is 0.401. The molecular formula is C12H11O3P. The SMILES string of the molecule is O=[PH](O)c1cccc(Oc2ccccc2)c1. The molecule has 1 N–H and O–H groups in total. The van der Waals surface area contributed by atoms with Crippen LogP contribution in [0.5, 0.6) is 11.5 Å². The third kappa shape index (κ3) is 2.72. The third-order valence-electron chi connectivity index (χ3n) is 2.06. The lowest BCUT2D eigenvalue weighted by Gasteiger charge is -2.05. The molecule has 0 saturated heterocycles. The summed E-state index contributed by atoms with van der Waals surface area (Å²) in [6, 6.07) is 15.9. The minimum absolute atomic E-state index is 0.401. The van der Waals surface area contributed by atoms with Gasteiger partial charge in [-0.3, -0.25) is 4.57 Å². The molecule has 2 aromatic carbocycles. The summed E-state index contributed by atoms with van der Waals surface area (Å²) in [5.74, 6) is 1.27. The van der Waals surface area contributed by atoms with E-state index in [0.29, 0.717) is 16.8 Å². The second-order valence-corrected chi connectivity index (χ2v) is 4.44. The van der Waals surface area contributed by atoms with Crippen LogP contribution in [0.25, 0.3) is 0 Å². The first-order chi connectivity index (χ1) is 7.75. The van der Waals surface area contributed by atoms with Gasteiger partial charge in [0.25, 0.3) is 0 Å². The van der Waals surface area contributed by atoms with Crippen molar-refractivity contribution in [3.05, 3.63) is 54.6 Å². The number of para-hydroxylation sites is 1. The molecule has 0 fully saturated rings. The largest absolute Gasteiger partial charge is 0.457 e. The van der Waals surface area contributed by atoms with Crippen molar-refractivity contribution in [2.45, 2.75) is 0 Å². The van der Waals surface area contributed by atoms with Crippen molar-refractivity contribution in [1.82, 2.24) is 0 Å². The summed E-state index contributed by atoms with van der Waals surface area (Å²) in [6.07, 6.45) is 0. The lowest BCUT2D eigenvalue weighted by Crippen LogP contribution is -1.95. The maximum atomic E-state index is 10.9. The molecule has 2 aromatic rings. The van der Waals surface area contributed by atoms with E-state index >= 15 is 0 Å². The maximum Gasteiger partial charge on any atom is 0.218 e. The molecule has 1 unspecified atom stereocenters. The highest BCUT2D eigenvalue weighted by molar-refractivity contribution is 7.47. The maximum absolute atomic E-state index is 10.9. The molecule has 0 aliphatic heterocycles. The summed E-state index contributed by atoms with van der Waals surface area (Å²) in [7, 11) is -2.66. The van der Waals surface area contributed by atoms with Crippen LogP contribution in [-0.2, 0) is 4.57 Å². The monoisotopic (exact) mass is 234 g/mol. The summed E-state index contributed by atoms with van der Waals surface area (Å²) in [6.45, 7) is 0. The van der Waals surface area contributed by atoms with Gasteiger partial charge in [0.1, 0.15) is 11.5 Å². The Bertz CT molecular complexity index is 497. The van der Waals surface area contributed by atoms with E-state index in [-0.39, 0.29) is 0 Å². The van der Waals surface area contributed by atoms with Crippen LogP contribution in [-0.4, -0.2) is 4.89 Å². The fourth-order valence-electron chi connectivity index (χ4n) is 1.32. The van der Waals surface area contributed by atoms with Gasteiger partial charge in [0.15, 0.2) is 0 Å². The van der Waals surface area contributed by atoms with Gasteiger partial charge in [0.05, 0.1) is 0 Å². The highest BCUT2D eigenvalue weighted by atomic mass is 31.1. The molecule has 0 bridgehead atoms. The lowest BCUT2D eigenvalue weighted by molar-refractivity contribution is 0.482.